The Morgan fingerprint density at radius 1 is 1.42 bits per heavy atom. The highest BCUT2D eigenvalue weighted by Gasteiger charge is 2.16. The van der Waals surface area contributed by atoms with Gasteiger partial charge in [-0.25, -0.2) is 4.98 Å². The Hall–Kier alpha value is -1.35. The maximum absolute atomic E-state index is 4.64. The van der Waals surface area contributed by atoms with Crippen molar-refractivity contribution in [3.05, 3.63) is 36.0 Å². The van der Waals surface area contributed by atoms with Crippen molar-refractivity contribution >= 4 is 5.82 Å². The second-order valence-corrected chi connectivity index (χ2v) is 5.11. The van der Waals surface area contributed by atoms with E-state index < -0.39 is 0 Å². The molecule has 1 aliphatic heterocycles. The molecule has 0 amide bonds. The van der Waals surface area contributed by atoms with Gasteiger partial charge in [-0.05, 0) is 30.9 Å². The van der Waals surface area contributed by atoms with E-state index in [1.165, 1.54) is 29.8 Å². The number of hydrogen-bond donors (Lipinski definition) is 1. The quantitative estimate of drug-likeness (QED) is 0.796. The summed E-state index contributed by atoms with van der Waals surface area (Å²) in [5, 5.41) is 3.40. The van der Waals surface area contributed by atoms with E-state index in [1.54, 1.807) is 0 Å². The van der Waals surface area contributed by atoms with Gasteiger partial charge in [0.25, 0.3) is 0 Å². The molecule has 0 atom stereocenters. The van der Waals surface area contributed by atoms with Crippen molar-refractivity contribution in [2.24, 2.45) is 0 Å². The van der Waals surface area contributed by atoms with Gasteiger partial charge in [0.2, 0.25) is 0 Å². The summed E-state index contributed by atoms with van der Waals surface area (Å²) in [6.07, 6.45) is 8.52. The number of aryl methyl sites for hydroxylation is 1. The Bertz CT molecular complexity index is 408. The van der Waals surface area contributed by atoms with E-state index in [9.17, 15) is 0 Å². The third-order valence-electron chi connectivity index (χ3n) is 3.69. The molecule has 0 aromatic carbocycles. The van der Waals surface area contributed by atoms with Crippen molar-refractivity contribution < 1.29 is 0 Å². The Kier molecular flexibility index (Phi) is 5.40. The monoisotopic (exact) mass is 259 g/mol. The molecular weight excluding hydrogens is 234 g/mol. The molecule has 1 aliphatic rings. The number of piperazine rings is 1. The van der Waals surface area contributed by atoms with Crippen LogP contribution < -0.4 is 10.2 Å². The van der Waals surface area contributed by atoms with Gasteiger partial charge in [0.1, 0.15) is 5.82 Å². The molecule has 104 valence electrons. The van der Waals surface area contributed by atoms with Crippen LogP contribution in [0.1, 0.15) is 30.9 Å². The highest BCUT2D eigenvalue weighted by Crippen LogP contribution is 2.24. The van der Waals surface area contributed by atoms with E-state index >= 15 is 0 Å². The lowest BCUT2D eigenvalue weighted by molar-refractivity contribution is 0.583. The van der Waals surface area contributed by atoms with Gasteiger partial charge in [-0.15, -0.1) is 6.58 Å². The van der Waals surface area contributed by atoms with Crippen LogP contribution in [0.25, 0.3) is 0 Å². The minimum absolute atomic E-state index is 0.923. The van der Waals surface area contributed by atoms with Gasteiger partial charge in [-0.3, -0.25) is 0 Å². The lowest BCUT2D eigenvalue weighted by Crippen LogP contribution is -2.44. The Morgan fingerprint density at radius 3 is 2.89 bits per heavy atom. The van der Waals surface area contributed by atoms with E-state index in [2.05, 4.69) is 34.8 Å². The summed E-state index contributed by atoms with van der Waals surface area (Å²) in [5.41, 5.74) is 2.83. The van der Waals surface area contributed by atoms with Crippen LogP contribution in [-0.2, 0) is 12.8 Å². The molecule has 0 spiro atoms. The first-order valence-electron chi connectivity index (χ1n) is 7.40. The molecule has 3 heteroatoms. The number of allylic oxidation sites excluding steroid dienone is 1. The molecule has 2 rings (SSSR count). The number of aromatic nitrogens is 1. The summed E-state index contributed by atoms with van der Waals surface area (Å²) < 4.78 is 0. The zero-order valence-electron chi connectivity index (χ0n) is 12.0. The maximum Gasteiger partial charge on any atom is 0.132 e. The molecule has 1 saturated heterocycles. The average Bonchev–Trinajstić information content (AvgIpc) is 2.47. The van der Waals surface area contributed by atoms with Crippen molar-refractivity contribution in [1.82, 2.24) is 10.3 Å². The molecule has 19 heavy (non-hydrogen) atoms. The van der Waals surface area contributed by atoms with Crippen molar-refractivity contribution in [2.45, 2.75) is 32.6 Å². The fraction of sp³-hybridized carbons (Fsp3) is 0.562. The van der Waals surface area contributed by atoms with Crippen LogP contribution in [0.4, 0.5) is 5.82 Å². The number of rotatable bonds is 6. The minimum Gasteiger partial charge on any atom is -0.354 e. The standard InChI is InChI=1S/C16H25N3/c1-3-5-7-14-8-9-18-16(15(14)6-4-2)19-12-10-17-11-13-19/h4,8-9,17H,2-3,5-7,10-13H2,1H3. The molecule has 1 aromatic heterocycles. The van der Waals surface area contributed by atoms with Crippen LogP contribution in [0.5, 0.6) is 0 Å². The zero-order valence-corrected chi connectivity index (χ0v) is 12.0. The fourth-order valence-electron chi connectivity index (χ4n) is 2.64. The first-order valence-corrected chi connectivity index (χ1v) is 7.40. The number of anilines is 1. The highest BCUT2D eigenvalue weighted by atomic mass is 15.2. The average molecular weight is 259 g/mol. The number of nitrogens with zero attached hydrogens (tertiary/aromatic N) is 2. The van der Waals surface area contributed by atoms with Crippen molar-refractivity contribution in [2.75, 3.05) is 31.1 Å². The summed E-state index contributed by atoms with van der Waals surface area (Å²) >= 11 is 0. The molecule has 1 N–H and O–H groups in total. The topological polar surface area (TPSA) is 28.2 Å². The SMILES string of the molecule is C=CCc1c(CCCC)ccnc1N1CCNCC1. The van der Waals surface area contributed by atoms with Crippen LogP contribution in [0.2, 0.25) is 0 Å². The lowest BCUT2D eigenvalue weighted by atomic mass is 10.0. The minimum atomic E-state index is 0.923. The first kappa shape index (κ1) is 14.1. The molecule has 0 unspecified atom stereocenters. The molecule has 0 bridgehead atoms. The highest BCUT2D eigenvalue weighted by molar-refractivity contribution is 5.52. The molecule has 1 fully saturated rings. The van der Waals surface area contributed by atoms with E-state index in [4.69, 9.17) is 0 Å². The van der Waals surface area contributed by atoms with Gasteiger partial charge in [0.05, 0.1) is 0 Å². The van der Waals surface area contributed by atoms with Gasteiger partial charge in [-0.2, -0.15) is 0 Å². The molecule has 3 nitrogen and oxygen atoms in total. The van der Waals surface area contributed by atoms with Gasteiger partial charge < -0.3 is 10.2 Å². The van der Waals surface area contributed by atoms with E-state index in [0.717, 1.165) is 39.0 Å². The second-order valence-electron chi connectivity index (χ2n) is 5.11. The molecule has 1 aromatic rings. The van der Waals surface area contributed by atoms with Crippen molar-refractivity contribution in [3.8, 4) is 0 Å². The predicted molar refractivity (Wildman–Crippen MR) is 81.8 cm³/mol. The first-order chi connectivity index (χ1) is 9.36. The third-order valence-corrected chi connectivity index (χ3v) is 3.69. The number of hydrogen-bond acceptors (Lipinski definition) is 3. The van der Waals surface area contributed by atoms with Gasteiger partial charge in [0, 0.05) is 37.9 Å². The summed E-state index contributed by atoms with van der Waals surface area (Å²) in [6.45, 7) is 10.3. The van der Waals surface area contributed by atoms with Crippen molar-refractivity contribution in [1.29, 1.82) is 0 Å². The van der Waals surface area contributed by atoms with Crippen LogP contribution in [0, 0.1) is 0 Å². The smallest absolute Gasteiger partial charge is 0.132 e. The largest absolute Gasteiger partial charge is 0.354 e. The van der Waals surface area contributed by atoms with Gasteiger partial charge >= 0.3 is 0 Å². The van der Waals surface area contributed by atoms with Gasteiger partial charge in [-0.1, -0.05) is 19.4 Å². The summed E-state index contributed by atoms with van der Waals surface area (Å²) in [6, 6.07) is 2.18. The molecule has 0 saturated carbocycles. The van der Waals surface area contributed by atoms with Crippen LogP contribution in [0.3, 0.4) is 0 Å². The van der Waals surface area contributed by atoms with E-state index in [-0.39, 0.29) is 0 Å². The summed E-state index contributed by atoms with van der Waals surface area (Å²) in [5.74, 6) is 1.18. The van der Waals surface area contributed by atoms with Crippen LogP contribution in [-0.4, -0.2) is 31.2 Å². The molecule has 0 aliphatic carbocycles. The predicted octanol–water partition coefficient (Wildman–Crippen LogP) is 2.56. The molecule has 2 heterocycles. The van der Waals surface area contributed by atoms with E-state index in [1.807, 2.05) is 12.3 Å². The Balaban J connectivity index is 2.26. The lowest BCUT2D eigenvalue weighted by Gasteiger charge is -2.30. The second kappa shape index (κ2) is 7.29. The maximum atomic E-state index is 4.64. The van der Waals surface area contributed by atoms with Crippen LogP contribution in [0.15, 0.2) is 24.9 Å². The number of nitrogens with one attached hydrogen (secondary N) is 1. The Labute approximate surface area is 116 Å². The third kappa shape index (κ3) is 3.57. The number of pyridine rings is 1. The van der Waals surface area contributed by atoms with Crippen molar-refractivity contribution in [3.63, 3.8) is 0 Å². The summed E-state index contributed by atoms with van der Waals surface area (Å²) in [4.78, 5) is 7.05. The normalized spacial score (nSPS) is 15.5. The van der Waals surface area contributed by atoms with Crippen LogP contribution >= 0.6 is 0 Å². The summed E-state index contributed by atoms with van der Waals surface area (Å²) in [7, 11) is 0. The van der Waals surface area contributed by atoms with E-state index in [0.29, 0.717) is 0 Å². The molecular formula is C16H25N3. The van der Waals surface area contributed by atoms with Gasteiger partial charge in [0.15, 0.2) is 0 Å². The fourth-order valence-corrected chi connectivity index (χ4v) is 2.64. The molecule has 0 radical (unpaired) electrons. The zero-order chi connectivity index (χ0) is 13.5. The number of unbranched alkanes of at least 4 members (excludes halogenated alkanes) is 1. The Morgan fingerprint density at radius 2 is 2.21 bits per heavy atom.